The maximum absolute atomic E-state index is 14.0. The number of pyridine rings is 1. The highest BCUT2D eigenvalue weighted by Crippen LogP contribution is 2.35. The van der Waals surface area contributed by atoms with E-state index in [4.69, 9.17) is 25.8 Å². The molecule has 1 aliphatic rings. The Labute approximate surface area is 262 Å². The molecule has 2 aromatic carbocycles. The van der Waals surface area contributed by atoms with Gasteiger partial charge >= 0.3 is 6.09 Å². The third-order valence-corrected chi connectivity index (χ3v) is 7.25. The van der Waals surface area contributed by atoms with Gasteiger partial charge in [0.05, 0.1) is 41.7 Å². The zero-order chi connectivity index (χ0) is 32.4. The number of nitrogens with zero attached hydrogens (tertiary/aromatic N) is 1. The maximum atomic E-state index is 14.0. The minimum atomic E-state index is -1.66. The molecule has 0 spiro atoms. The van der Waals surface area contributed by atoms with E-state index in [0.717, 1.165) is 12.8 Å². The van der Waals surface area contributed by atoms with E-state index in [1.165, 1.54) is 32.2 Å². The molecule has 4 rings (SSSR count). The van der Waals surface area contributed by atoms with Gasteiger partial charge in [-0.25, -0.2) is 14.2 Å². The van der Waals surface area contributed by atoms with Crippen LogP contribution in [0.2, 0.25) is 5.02 Å². The lowest BCUT2D eigenvalue weighted by molar-refractivity contribution is 0.0464. The lowest BCUT2D eigenvalue weighted by atomic mass is 9.89. The molecule has 1 aliphatic carbocycles. The van der Waals surface area contributed by atoms with Crippen LogP contribution in [0, 0.1) is 5.82 Å². The largest absolute Gasteiger partial charge is 0.493 e. The Balaban J connectivity index is 1.63. The Kier molecular flexibility index (Phi) is 9.46. The van der Waals surface area contributed by atoms with E-state index in [1.54, 1.807) is 65.0 Å². The zero-order valence-electron chi connectivity index (χ0n) is 26.0. The number of hydrogen-bond acceptors (Lipinski definition) is 7. The molecule has 1 atom stereocenters. The van der Waals surface area contributed by atoms with Crippen molar-refractivity contribution >= 4 is 23.6 Å². The van der Waals surface area contributed by atoms with Crippen LogP contribution in [0.3, 0.4) is 0 Å². The molecule has 44 heavy (non-hydrogen) atoms. The van der Waals surface area contributed by atoms with E-state index in [1.807, 2.05) is 0 Å². The summed E-state index contributed by atoms with van der Waals surface area (Å²) in [6.07, 6.45) is 1.51. The van der Waals surface area contributed by atoms with Crippen LogP contribution in [0.1, 0.15) is 76.0 Å². The number of rotatable bonds is 10. The number of halogens is 2. The second-order valence-electron chi connectivity index (χ2n) is 12.6. The number of benzene rings is 2. The van der Waals surface area contributed by atoms with Crippen LogP contribution in [0.4, 0.5) is 9.18 Å². The number of carbonyl (C=O) groups is 2. The molecule has 0 radical (unpaired) electrons. The summed E-state index contributed by atoms with van der Waals surface area (Å²) < 4.78 is 30.7. The Hall–Kier alpha value is -3.89. The molecule has 1 saturated carbocycles. The van der Waals surface area contributed by atoms with Gasteiger partial charge in [-0.2, -0.15) is 0 Å². The summed E-state index contributed by atoms with van der Waals surface area (Å²) in [5, 5.41) is 17.1. The molecule has 236 valence electrons. The van der Waals surface area contributed by atoms with Gasteiger partial charge in [0.2, 0.25) is 0 Å². The van der Waals surface area contributed by atoms with Crippen molar-refractivity contribution in [2.75, 3.05) is 13.7 Å². The van der Waals surface area contributed by atoms with Crippen LogP contribution in [-0.4, -0.2) is 47.5 Å². The molecule has 3 aromatic rings. The van der Waals surface area contributed by atoms with Gasteiger partial charge in [0.15, 0.2) is 11.5 Å². The van der Waals surface area contributed by atoms with Crippen LogP contribution in [0.15, 0.2) is 48.5 Å². The molecular weight excluding hydrogens is 589 g/mol. The topological polar surface area (TPSA) is 119 Å². The predicted octanol–water partition coefficient (Wildman–Crippen LogP) is 6.49. The van der Waals surface area contributed by atoms with Gasteiger partial charge in [0.1, 0.15) is 17.0 Å². The molecular formula is C33H39ClFN3O6. The van der Waals surface area contributed by atoms with Crippen molar-refractivity contribution in [1.29, 1.82) is 0 Å². The fourth-order valence-electron chi connectivity index (χ4n) is 4.32. The summed E-state index contributed by atoms with van der Waals surface area (Å²) in [6, 6.07) is 12.4. The van der Waals surface area contributed by atoms with Gasteiger partial charge in [-0.05, 0) is 108 Å². The average molecular weight is 628 g/mol. The third-order valence-electron chi connectivity index (χ3n) is 6.96. The van der Waals surface area contributed by atoms with Crippen LogP contribution in [0.5, 0.6) is 11.5 Å². The molecule has 1 fully saturated rings. The first-order valence-corrected chi connectivity index (χ1v) is 14.7. The zero-order valence-corrected chi connectivity index (χ0v) is 26.8. The smallest absolute Gasteiger partial charge is 0.408 e. The Morgan fingerprint density at radius 2 is 1.73 bits per heavy atom. The minimum absolute atomic E-state index is 0.0922. The van der Waals surface area contributed by atoms with E-state index in [2.05, 4.69) is 15.6 Å². The fourth-order valence-corrected chi connectivity index (χ4v) is 4.50. The van der Waals surface area contributed by atoms with Crippen LogP contribution in [0.25, 0.3) is 11.3 Å². The van der Waals surface area contributed by atoms with Crippen LogP contribution in [-0.2, 0) is 15.9 Å². The molecule has 2 amide bonds. The van der Waals surface area contributed by atoms with Gasteiger partial charge in [-0.3, -0.25) is 4.79 Å². The SMILES string of the molecule is COc1cc(C(=O)NCC(C)(O)c2cc(C(C)(C)NC(=O)OC(C)(C)C)cc(-c3ccc(F)c(Cl)c3)n2)ccc1OC1CC1. The molecule has 1 aromatic heterocycles. The van der Waals surface area contributed by atoms with Crippen molar-refractivity contribution in [3.8, 4) is 22.8 Å². The maximum Gasteiger partial charge on any atom is 0.408 e. The van der Waals surface area contributed by atoms with Gasteiger partial charge in [-0.15, -0.1) is 0 Å². The third kappa shape index (κ3) is 8.39. The van der Waals surface area contributed by atoms with Crippen molar-refractivity contribution in [1.82, 2.24) is 15.6 Å². The first-order chi connectivity index (χ1) is 20.5. The second-order valence-corrected chi connectivity index (χ2v) is 13.1. The van der Waals surface area contributed by atoms with E-state index in [0.29, 0.717) is 33.9 Å². The quantitative estimate of drug-likeness (QED) is 0.235. The van der Waals surface area contributed by atoms with Crippen molar-refractivity contribution in [2.45, 2.75) is 77.2 Å². The Bertz CT molecular complexity index is 1550. The van der Waals surface area contributed by atoms with Gasteiger partial charge in [-0.1, -0.05) is 11.6 Å². The number of aromatic nitrogens is 1. The fraction of sp³-hybridized carbons (Fsp3) is 0.424. The monoisotopic (exact) mass is 627 g/mol. The Morgan fingerprint density at radius 3 is 2.34 bits per heavy atom. The normalized spacial score (nSPS) is 14.8. The highest BCUT2D eigenvalue weighted by molar-refractivity contribution is 6.31. The summed E-state index contributed by atoms with van der Waals surface area (Å²) in [5.74, 6) is -0.0176. The molecule has 1 unspecified atom stereocenters. The summed E-state index contributed by atoms with van der Waals surface area (Å²) in [6.45, 7) is 10.2. The number of amides is 2. The van der Waals surface area contributed by atoms with E-state index in [9.17, 15) is 19.1 Å². The highest BCUT2D eigenvalue weighted by Gasteiger charge is 2.32. The predicted molar refractivity (Wildman–Crippen MR) is 166 cm³/mol. The van der Waals surface area contributed by atoms with Crippen molar-refractivity contribution < 1.29 is 33.3 Å². The second kappa shape index (κ2) is 12.6. The molecule has 0 saturated heterocycles. The number of hydrogen-bond donors (Lipinski definition) is 3. The van der Waals surface area contributed by atoms with Gasteiger partial charge in [0, 0.05) is 11.1 Å². The van der Waals surface area contributed by atoms with Crippen molar-refractivity contribution in [3.05, 3.63) is 76.2 Å². The summed E-state index contributed by atoms with van der Waals surface area (Å²) >= 11 is 6.07. The number of methoxy groups -OCH3 is 1. The van der Waals surface area contributed by atoms with E-state index >= 15 is 0 Å². The highest BCUT2D eigenvalue weighted by atomic mass is 35.5. The molecule has 11 heteroatoms. The van der Waals surface area contributed by atoms with E-state index in [-0.39, 0.29) is 23.4 Å². The van der Waals surface area contributed by atoms with Crippen molar-refractivity contribution in [2.24, 2.45) is 0 Å². The number of carbonyl (C=O) groups excluding carboxylic acids is 2. The summed E-state index contributed by atoms with van der Waals surface area (Å²) in [5.41, 5.74) is -1.39. The Morgan fingerprint density at radius 1 is 1.02 bits per heavy atom. The first kappa shape index (κ1) is 33.0. The van der Waals surface area contributed by atoms with Crippen molar-refractivity contribution in [3.63, 3.8) is 0 Å². The van der Waals surface area contributed by atoms with Crippen LogP contribution < -0.4 is 20.1 Å². The van der Waals surface area contributed by atoms with Gasteiger partial charge in [0.25, 0.3) is 5.91 Å². The minimum Gasteiger partial charge on any atom is -0.493 e. The lowest BCUT2D eigenvalue weighted by Gasteiger charge is -2.31. The van der Waals surface area contributed by atoms with Crippen LogP contribution >= 0.6 is 11.6 Å². The molecule has 0 aliphatic heterocycles. The number of ether oxygens (including phenoxy) is 3. The summed E-state index contributed by atoms with van der Waals surface area (Å²) in [4.78, 5) is 30.4. The molecule has 9 nitrogen and oxygen atoms in total. The average Bonchev–Trinajstić information content (AvgIpc) is 3.76. The standard InChI is InChI=1S/C33H39ClFN3O6/c1-31(2,3)44-30(40)38-32(4,5)21-16-25(19-8-12-24(35)23(34)14-19)37-28(17-21)33(6,41)18-36-29(39)20-9-13-26(27(15-20)42-7)43-22-10-11-22/h8-9,12-17,22,41H,10-11,18H2,1-7H3,(H,36,39)(H,38,40). The molecule has 3 N–H and O–H groups in total. The number of aliphatic hydroxyl groups is 1. The number of alkyl carbamates (subject to hydrolysis) is 1. The van der Waals surface area contributed by atoms with Gasteiger partial charge < -0.3 is 30.0 Å². The molecule has 0 bridgehead atoms. The molecule has 1 heterocycles. The first-order valence-electron chi connectivity index (χ1n) is 14.3. The number of nitrogens with one attached hydrogen (secondary N) is 2. The van der Waals surface area contributed by atoms with E-state index < -0.39 is 34.6 Å². The lowest BCUT2D eigenvalue weighted by Crippen LogP contribution is -2.44. The summed E-state index contributed by atoms with van der Waals surface area (Å²) in [7, 11) is 1.51.